The zero-order valence-corrected chi connectivity index (χ0v) is 15.2. The number of hydrogen-bond acceptors (Lipinski definition) is 5. The first-order valence-electron chi connectivity index (χ1n) is 8.72. The number of aromatic nitrogens is 3. The van der Waals surface area contributed by atoms with Crippen LogP contribution < -0.4 is 5.32 Å². The fourth-order valence-corrected chi connectivity index (χ4v) is 3.55. The van der Waals surface area contributed by atoms with Crippen LogP contribution in [0.1, 0.15) is 29.9 Å². The summed E-state index contributed by atoms with van der Waals surface area (Å²) < 4.78 is 1.61. The maximum Gasteiger partial charge on any atom is 0.326 e. The van der Waals surface area contributed by atoms with Crippen LogP contribution in [0.3, 0.4) is 0 Å². The Kier molecular flexibility index (Phi) is 4.72. The number of nitrogens with zero attached hydrogens (tertiary/aromatic N) is 3. The number of carbonyl (C=O) groups is 2. The molecule has 0 saturated heterocycles. The van der Waals surface area contributed by atoms with E-state index in [1.165, 1.54) is 11.3 Å². The molecule has 2 N–H and O–H groups in total. The van der Waals surface area contributed by atoms with Crippen molar-refractivity contribution < 1.29 is 14.7 Å². The molecule has 2 heterocycles. The molecular formula is C19H18N4O3S. The fourth-order valence-electron chi connectivity index (χ4n) is 2.85. The van der Waals surface area contributed by atoms with Crippen molar-refractivity contribution in [3.63, 3.8) is 0 Å². The summed E-state index contributed by atoms with van der Waals surface area (Å²) in [5, 5.41) is 18.2. The predicted octanol–water partition coefficient (Wildman–Crippen LogP) is 2.98. The first-order chi connectivity index (χ1) is 13.1. The van der Waals surface area contributed by atoms with Crippen molar-refractivity contribution in [2.45, 2.75) is 25.3 Å². The van der Waals surface area contributed by atoms with Gasteiger partial charge in [0.15, 0.2) is 5.82 Å². The Bertz CT molecular complexity index is 949. The van der Waals surface area contributed by atoms with Crippen molar-refractivity contribution in [2.75, 3.05) is 0 Å². The highest BCUT2D eigenvalue weighted by molar-refractivity contribution is 7.13. The quantitative estimate of drug-likeness (QED) is 0.655. The smallest absolute Gasteiger partial charge is 0.326 e. The number of rotatable bonds is 7. The van der Waals surface area contributed by atoms with E-state index in [1.54, 1.807) is 4.68 Å². The molecule has 3 aromatic rings. The van der Waals surface area contributed by atoms with Gasteiger partial charge in [-0.2, -0.15) is 0 Å². The monoisotopic (exact) mass is 382 g/mol. The van der Waals surface area contributed by atoms with Crippen LogP contribution in [0.25, 0.3) is 16.4 Å². The summed E-state index contributed by atoms with van der Waals surface area (Å²) in [6, 6.07) is 12.3. The number of aliphatic carboxylic acids is 1. The summed E-state index contributed by atoms with van der Waals surface area (Å²) in [6.07, 6.45) is 2.48. The maximum atomic E-state index is 12.6. The molecule has 8 heteroatoms. The van der Waals surface area contributed by atoms with Gasteiger partial charge in [0.25, 0.3) is 5.91 Å². The third kappa shape index (κ3) is 3.90. The van der Waals surface area contributed by atoms with Crippen LogP contribution in [-0.2, 0) is 4.79 Å². The van der Waals surface area contributed by atoms with E-state index in [4.69, 9.17) is 0 Å². The maximum absolute atomic E-state index is 12.6. The van der Waals surface area contributed by atoms with E-state index in [2.05, 4.69) is 15.4 Å². The lowest BCUT2D eigenvalue weighted by molar-refractivity contribution is -0.139. The minimum Gasteiger partial charge on any atom is -0.480 e. The van der Waals surface area contributed by atoms with Crippen LogP contribution in [0.15, 0.2) is 47.8 Å². The molecule has 1 saturated carbocycles. The molecule has 1 aliphatic carbocycles. The van der Waals surface area contributed by atoms with Crippen molar-refractivity contribution in [2.24, 2.45) is 5.92 Å². The van der Waals surface area contributed by atoms with E-state index in [-0.39, 0.29) is 5.82 Å². The average molecular weight is 382 g/mol. The second-order valence-electron chi connectivity index (χ2n) is 6.53. The number of carboxylic acid groups (broad SMARTS) is 1. The predicted molar refractivity (Wildman–Crippen MR) is 101 cm³/mol. The van der Waals surface area contributed by atoms with Crippen LogP contribution >= 0.6 is 11.3 Å². The lowest BCUT2D eigenvalue weighted by Crippen LogP contribution is -2.41. The van der Waals surface area contributed by atoms with Gasteiger partial charge in [-0.25, -0.2) is 14.5 Å². The molecule has 0 spiro atoms. The lowest BCUT2D eigenvalue weighted by Gasteiger charge is -2.12. The minimum absolute atomic E-state index is 0.0377. The number of amides is 1. The van der Waals surface area contributed by atoms with E-state index in [0.29, 0.717) is 18.2 Å². The largest absolute Gasteiger partial charge is 0.480 e. The van der Waals surface area contributed by atoms with Gasteiger partial charge in [-0.15, -0.1) is 16.4 Å². The van der Waals surface area contributed by atoms with Crippen molar-refractivity contribution in [3.8, 4) is 16.4 Å². The number of benzene rings is 1. The standard InChI is InChI=1S/C19H18N4O3S/c24-18(20-14(19(25)26)11-12-8-9-12)16-21-17(15-7-4-10-27-15)23(22-16)13-5-2-1-3-6-13/h1-7,10,12,14H,8-9,11H2,(H,20,24)(H,25,26). The summed E-state index contributed by atoms with van der Waals surface area (Å²) in [4.78, 5) is 29.3. The number of nitrogens with one attached hydrogen (secondary N) is 1. The van der Waals surface area contributed by atoms with Gasteiger partial charge in [0.05, 0.1) is 10.6 Å². The number of para-hydroxylation sites is 1. The molecular weight excluding hydrogens is 364 g/mol. The molecule has 1 fully saturated rings. The Balaban J connectivity index is 1.64. The van der Waals surface area contributed by atoms with Gasteiger partial charge in [-0.05, 0) is 35.9 Å². The molecule has 0 radical (unpaired) electrons. The molecule has 1 aliphatic rings. The highest BCUT2D eigenvalue weighted by Gasteiger charge is 2.31. The Hall–Kier alpha value is -3.00. The molecule has 1 amide bonds. The second kappa shape index (κ2) is 7.32. The SMILES string of the molecule is O=C(NC(CC1CC1)C(=O)O)c1nc(-c2cccs2)n(-c2ccccc2)n1. The molecule has 2 aromatic heterocycles. The van der Waals surface area contributed by atoms with Gasteiger partial charge in [0.2, 0.25) is 5.82 Å². The summed E-state index contributed by atoms with van der Waals surface area (Å²) >= 11 is 1.50. The van der Waals surface area contributed by atoms with Crippen LogP contribution in [0.5, 0.6) is 0 Å². The molecule has 0 aliphatic heterocycles. The zero-order valence-electron chi connectivity index (χ0n) is 14.4. The third-order valence-corrected chi connectivity index (χ3v) is 5.29. The molecule has 138 valence electrons. The van der Waals surface area contributed by atoms with Crippen molar-refractivity contribution in [1.82, 2.24) is 20.1 Å². The number of carbonyl (C=O) groups excluding carboxylic acids is 1. The first kappa shape index (κ1) is 17.4. The fraction of sp³-hybridized carbons (Fsp3) is 0.263. The van der Waals surface area contributed by atoms with Gasteiger partial charge >= 0.3 is 5.97 Å². The van der Waals surface area contributed by atoms with Crippen LogP contribution in [0.2, 0.25) is 0 Å². The Morgan fingerprint density at radius 1 is 1.22 bits per heavy atom. The average Bonchev–Trinajstić information content (AvgIpc) is 3.15. The summed E-state index contributed by atoms with van der Waals surface area (Å²) in [5.41, 5.74) is 0.778. The molecule has 1 atom stereocenters. The molecule has 1 unspecified atom stereocenters. The molecule has 1 aromatic carbocycles. The third-order valence-electron chi connectivity index (χ3n) is 4.42. The molecule has 27 heavy (non-hydrogen) atoms. The molecule has 4 rings (SSSR count). The van der Waals surface area contributed by atoms with Crippen LogP contribution in [0.4, 0.5) is 0 Å². The second-order valence-corrected chi connectivity index (χ2v) is 7.47. The van der Waals surface area contributed by atoms with Gasteiger partial charge in [-0.3, -0.25) is 4.79 Å². The lowest BCUT2D eigenvalue weighted by atomic mass is 10.1. The van der Waals surface area contributed by atoms with Gasteiger partial charge in [-0.1, -0.05) is 37.1 Å². The summed E-state index contributed by atoms with van der Waals surface area (Å²) in [6.45, 7) is 0. The normalized spacial score (nSPS) is 14.7. The number of carboxylic acids is 1. The number of hydrogen-bond donors (Lipinski definition) is 2. The van der Waals surface area contributed by atoms with E-state index in [0.717, 1.165) is 23.4 Å². The van der Waals surface area contributed by atoms with Gasteiger partial charge in [0, 0.05) is 0 Å². The van der Waals surface area contributed by atoms with E-state index >= 15 is 0 Å². The molecule has 0 bridgehead atoms. The van der Waals surface area contributed by atoms with Gasteiger partial charge < -0.3 is 10.4 Å². The van der Waals surface area contributed by atoms with Crippen molar-refractivity contribution >= 4 is 23.2 Å². The zero-order chi connectivity index (χ0) is 18.8. The highest BCUT2D eigenvalue weighted by Crippen LogP contribution is 2.33. The van der Waals surface area contributed by atoms with E-state index in [1.807, 2.05) is 47.8 Å². The highest BCUT2D eigenvalue weighted by atomic mass is 32.1. The Morgan fingerprint density at radius 3 is 2.63 bits per heavy atom. The van der Waals surface area contributed by atoms with Crippen molar-refractivity contribution in [3.05, 3.63) is 53.7 Å². The number of thiophene rings is 1. The van der Waals surface area contributed by atoms with Crippen LogP contribution in [-0.4, -0.2) is 37.8 Å². The van der Waals surface area contributed by atoms with E-state index in [9.17, 15) is 14.7 Å². The Morgan fingerprint density at radius 2 is 2.00 bits per heavy atom. The first-order valence-corrected chi connectivity index (χ1v) is 9.60. The molecule has 7 nitrogen and oxygen atoms in total. The minimum atomic E-state index is -1.03. The van der Waals surface area contributed by atoms with Gasteiger partial charge in [0.1, 0.15) is 6.04 Å². The summed E-state index contributed by atoms with van der Waals surface area (Å²) in [7, 11) is 0. The topological polar surface area (TPSA) is 97.1 Å². The van der Waals surface area contributed by atoms with E-state index < -0.39 is 17.9 Å². The van der Waals surface area contributed by atoms with Crippen molar-refractivity contribution in [1.29, 1.82) is 0 Å². The summed E-state index contributed by atoms with van der Waals surface area (Å²) in [5.74, 6) is -0.714. The Labute approximate surface area is 159 Å². The van der Waals surface area contributed by atoms with Crippen LogP contribution in [0, 0.1) is 5.92 Å².